The second-order valence-electron chi connectivity index (χ2n) is 4.04. The molecule has 0 spiro atoms. The fourth-order valence-corrected chi connectivity index (χ4v) is 1.52. The first kappa shape index (κ1) is 14.7. The van der Waals surface area contributed by atoms with Crippen molar-refractivity contribution in [3.63, 3.8) is 0 Å². The standard InChI is InChI=1S/C14H10F3N3O/c15-14(16,17)11-5-3-4-10(8-11)9-19-20-13(21)12-6-1-2-7-18-12/h1-9H,(H,20,21). The molecule has 1 heterocycles. The Balaban J connectivity index is 2.04. The third kappa shape index (κ3) is 4.13. The topological polar surface area (TPSA) is 54.4 Å². The summed E-state index contributed by atoms with van der Waals surface area (Å²) >= 11 is 0. The Morgan fingerprint density at radius 3 is 2.67 bits per heavy atom. The van der Waals surface area contributed by atoms with Gasteiger partial charge in [-0.15, -0.1) is 0 Å². The van der Waals surface area contributed by atoms with Crippen molar-refractivity contribution in [3.05, 3.63) is 65.5 Å². The van der Waals surface area contributed by atoms with Crippen LogP contribution in [0.25, 0.3) is 0 Å². The molecule has 0 aliphatic heterocycles. The molecule has 21 heavy (non-hydrogen) atoms. The molecule has 0 saturated heterocycles. The van der Waals surface area contributed by atoms with E-state index in [1.54, 1.807) is 12.1 Å². The van der Waals surface area contributed by atoms with Crippen molar-refractivity contribution < 1.29 is 18.0 Å². The third-order valence-electron chi connectivity index (χ3n) is 2.49. The van der Waals surface area contributed by atoms with Gasteiger partial charge in [-0.2, -0.15) is 18.3 Å². The van der Waals surface area contributed by atoms with Crippen LogP contribution in [0.15, 0.2) is 53.8 Å². The Kier molecular flexibility index (Phi) is 4.32. The van der Waals surface area contributed by atoms with Gasteiger partial charge in [0.05, 0.1) is 11.8 Å². The Morgan fingerprint density at radius 2 is 2.00 bits per heavy atom. The van der Waals surface area contributed by atoms with Crippen molar-refractivity contribution in [1.82, 2.24) is 10.4 Å². The van der Waals surface area contributed by atoms with Crippen LogP contribution in [-0.4, -0.2) is 17.1 Å². The lowest BCUT2D eigenvalue weighted by molar-refractivity contribution is -0.137. The summed E-state index contributed by atoms with van der Waals surface area (Å²) in [7, 11) is 0. The van der Waals surface area contributed by atoms with Gasteiger partial charge in [0.15, 0.2) is 0 Å². The molecule has 0 bridgehead atoms. The first-order valence-electron chi connectivity index (χ1n) is 5.88. The number of halogens is 3. The molecule has 1 amide bonds. The minimum Gasteiger partial charge on any atom is -0.266 e. The van der Waals surface area contributed by atoms with Crippen LogP contribution < -0.4 is 5.43 Å². The normalized spacial score (nSPS) is 11.6. The van der Waals surface area contributed by atoms with Crippen LogP contribution >= 0.6 is 0 Å². The molecule has 0 saturated carbocycles. The van der Waals surface area contributed by atoms with Crippen molar-refractivity contribution in [3.8, 4) is 0 Å². The molecular weight excluding hydrogens is 283 g/mol. The zero-order valence-corrected chi connectivity index (χ0v) is 10.6. The van der Waals surface area contributed by atoms with Gasteiger partial charge < -0.3 is 0 Å². The molecular formula is C14H10F3N3O. The maximum atomic E-state index is 12.5. The highest BCUT2D eigenvalue weighted by molar-refractivity contribution is 5.93. The first-order chi connectivity index (χ1) is 9.97. The lowest BCUT2D eigenvalue weighted by atomic mass is 10.1. The molecule has 1 aromatic carbocycles. The van der Waals surface area contributed by atoms with Gasteiger partial charge in [-0.3, -0.25) is 9.78 Å². The first-order valence-corrected chi connectivity index (χ1v) is 5.88. The number of alkyl halides is 3. The van der Waals surface area contributed by atoms with Gasteiger partial charge >= 0.3 is 6.18 Å². The van der Waals surface area contributed by atoms with E-state index in [2.05, 4.69) is 15.5 Å². The lowest BCUT2D eigenvalue weighted by Crippen LogP contribution is -2.18. The molecule has 0 radical (unpaired) electrons. The molecule has 2 aromatic rings. The van der Waals surface area contributed by atoms with Crippen LogP contribution in [0.5, 0.6) is 0 Å². The molecule has 4 nitrogen and oxygen atoms in total. The summed E-state index contributed by atoms with van der Waals surface area (Å²) in [6.45, 7) is 0. The van der Waals surface area contributed by atoms with E-state index >= 15 is 0 Å². The zero-order valence-electron chi connectivity index (χ0n) is 10.6. The number of hydrazone groups is 1. The van der Waals surface area contributed by atoms with E-state index in [4.69, 9.17) is 0 Å². The van der Waals surface area contributed by atoms with Crippen LogP contribution in [0.4, 0.5) is 13.2 Å². The highest BCUT2D eigenvalue weighted by atomic mass is 19.4. The van der Waals surface area contributed by atoms with E-state index in [0.717, 1.165) is 18.3 Å². The Hall–Kier alpha value is -2.70. The van der Waals surface area contributed by atoms with E-state index in [0.29, 0.717) is 0 Å². The van der Waals surface area contributed by atoms with Gasteiger partial charge in [0.1, 0.15) is 5.69 Å². The molecule has 0 aliphatic carbocycles. The van der Waals surface area contributed by atoms with Crippen LogP contribution in [0.3, 0.4) is 0 Å². The highest BCUT2D eigenvalue weighted by Crippen LogP contribution is 2.29. The number of benzene rings is 1. The SMILES string of the molecule is O=C(NN=Cc1cccc(C(F)(F)F)c1)c1ccccn1. The summed E-state index contributed by atoms with van der Waals surface area (Å²) in [5, 5.41) is 3.61. The van der Waals surface area contributed by atoms with Crippen molar-refractivity contribution in [2.75, 3.05) is 0 Å². The summed E-state index contributed by atoms with van der Waals surface area (Å²) in [6.07, 6.45) is -1.83. The second kappa shape index (κ2) is 6.17. The lowest BCUT2D eigenvalue weighted by Gasteiger charge is -2.06. The van der Waals surface area contributed by atoms with Crippen LogP contribution in [0.1, 0.15) is 21.6 Å². The molecule has 0 fully saturated rings. The predicted molar refractivity (Wildman–Crippen MR) is 70.7 cm³/mol. The number of pyridine rings is 1. The van der Waals surface area contributed by atoms with Crippen molar-refractivity contribution in [2.45, 2.75) is 6.18 Å². The van der Waals surface area contributed by atoms with Crippen molar-refractivity contribution >= 4 is 12.1 Å². The van der Waals surface area contributed by atoms with E-state index in [-0.39, 0.29) is 11.3 Å². The molecule has 7 heteroatoms. The molecule has 0 aliphatic rings. The Morgan fingerprint density at radius 1 is 1.19 bits per heavy atom. The maximum absolute atomic E-state index is 12.5. The van der Waals surface area contributed by atoms with Gasteiger partial charge in [-0.05, 0) is 29.8 Å². The van der Waals surface area contributed by atoms with E-state index < -0.39 is 17.6 Å². The fraction of sp³-hybridized carbons (Fsp3) is 0.0714. The average molecular weight is 293 g/mol. The Bertz CT molecular complexity index is 654. The molecule has 1 aromatic heterocycles. The minimum absolute atomic E-state index is 0.165. The molecule has 1 N–H and O–H groups in total. The number of carbonyl (C=O) groups excluding carboxylic acids is 1. The maximum Gasteiger partial charge on any atom is 0.416 e. The van der Waals surface area contributed by atoms with Gasteiger partial charge in [0, 0.05) is 6.20 Å². The van der Waals surface area contributed by atoms with Crippen molar-refractivity contribution in [2.24, 2.45) is 5.10 Å². The van der Waals surface area contributed by atoms with E-state index in [1.165, 1.54) is 24.4 Å². The third-order valence-corrected chi connectivity index (χ3v) is 2.49. The van der Waals surface area contributed by atoms with Crippen LogP contribution in [-0.2, 0) is 6.18 Å². The molecule has 2 rings (SSSR count). The summed E-state index contributed by atoms with van der Waals surface area (Å²) in [4.78, 5) is 15.4. The Labute approximate surface area is 118 Å². The highest BCUT2D eigenvalue weighted by Gasteiger charge is 2.30. The number of hydrogen-bond donors (Lipinski definition) is 1. The van der Waals surface area contributed by atoms with Gasteiger partial charge in [0.25, 0.3) is 5.91 Å². The fourth-order valence-electron chi connectivity index (χ4n) is 1.52. The molecule has 108 valence electrons. The largest absolute Gasteiger partial charge is 0.416 e. The molecule has 0 atom stereocenters. The quantitative estimate of drug-likeness (QED) is 0.699. The van der Waals surface area contributed by atoms with Gasteiger partial charge in [0.2, 0.25) is 0 Å². The van der Waals surface area contributed by atoms with Gasteiger partial charge in [-0.1, -0.05) is 18.2 Å². The summed E-state index contributed by atoms with van der Waals surface area (Å²) in [5.41, 5.74) is 1.81. The van der Waals surface area contributed by atoms with Crippen LogP contribution in [0.2, 0.25) is 0 Å². The zero-order chi connectivity index (χ0) is 15.3. The van der Waals surface area contributed by atoms with E-state index in [1.807, 2.05) is 0 Å². The van der Waals surface area contributed by atoms with Crippen LogP contribution in [0, 0.1) is 0 Å². The summed E-state index contributed by atoms with van der Waals surface area (Å²) in [5.74, 6) is -0.543. The second-order valence-corrected chi connectivity index (χ2v) is 4.04. The monoisotopic (exact) mass is 293 g/mol. The number of nitrogens with one attached hydrogen (secondary N) is 1. The number of amides is 1. The average Bonchev–Trinajstić information content (AvgIpc) is 2.47. The number of carbonyl (C=O) groups is 1. The number of rotatable bonds is 3. The molecule has 0 unspecified atom stereocenters. The smallest absolute Gasteiger partial charge is 0.266 e. The summed E-state index contributed by atoms with van der Waals surface area (Å²) < 4.78 is 37.6. The number of hydrogen-bond acceptors (Lipinski definition) is 3. The number of nitrogens with zero attached hydrogens (tertiary/aromatic N) is 2. The van der Waals surface area contributed by atoms with E-state index in [9.17, 15) is 18.0 Å². The predicted octanol–water partition coefficient (Wildman–Crippen LogP) is 2.86. The minimum atomic E-state index is -4.42. The van der Waals surface area contributed by atoms with Crippen molar-refractivity contribution in [1.29, 1.82) is 0 Å². The number of aromatic nitrogens is 1. The summed E-state index contributed by atoms with van der Waals surface area (Å²) in [6, 6.07) is 9.41. The van der Waals surface area contributed by atoms with Gasteiger partial charge in [-0.25, -0.2) is 5.43 Å².